The van der Waals surface area contributed by atoms with E-state index in [1.165, 1.54) is 7.11 Å². The minimum Gasteiger partial charge on any atom is -0.550 e. The van der Waals surface area contributed by atoms with Gasteiger partial charge in [-0.05, 0) is 12.8 Å². The van der Waals surface area contributed by atoms with Crippen molar-refractivity contribution in [3.8, 4) is 0 Å². The second kappa shape index (κ2) is 4.07. The van der Waals surface area contributed by atoms with Gasteiger partial charge in [-0.1, -0.05) is 12.2 Å². The van der Waals surface area contributed by atoms with E-state index in [0.29, 0.717) is 12.8 Å². The number of hydrogen-bond acceptors (Lipinski definition) is 4. The highest BCUT2D eigenvalue weighted by Gasteiger charge is 2.30. The van der Waals surface area contributed by atoms with Gasteiger partial charge < -0.3 is 14.6 Å². The molecule has 72 valence electrons. The van der Waals surface area contributed by atoms with Crippen LogP contribution in [0.3, 0.4) is 0 Å². The van der Waals surface area contributed by atoms with Gasteiger partial charge in [0, 0.05) is 11.9 Å². The van der Waals surface area contributed by atoms with Crippen LogP contribution in [0.4, 0.5) is 0 Å². The van der Waals surface area contributed by atoms with E-state index < -0.39 is 23.8 Å². The zero-order valence-corrected chi connectivity index (χ0v) is 7.36. The zero-order valence-electron chi connectivity index (χ0n) is 7.36. The molecule has 4 nitrogen and oxygen atoms in total. The van der Waals surface area contributed by atoms with Gasteiger partial charge in [-0.15, -0.1) is 0 Å². The van der Waals surface area contributed by atoms with Crippen LogP contribution in [-0.4, -0.2) is 19.0 Å². The monoisotopic (exact) mass is 183 g/mol. The Hall–Kier alpha value is -1.32. The summed E-state index contributed by atoms with van der Waals surface area (Å²) in [6.07, 6.45) is 4.31. The summed E-state index contributed by atoms with van der Waals surface area (Å²) in [5.41, 5.74) is 0. The molecule has 0 aromatic heterocycles. The molecule has 0 saturated carbocycles. The molecule has 0 spiro atoms. The van der Waals surface area contributed by atoms with Crippen molar-refractivity contribution < 1.29 is 19.4 Å². The lowest BCUT2D eigenvalue weighted by molar-refractivity contribution is -0.313. The fourth-order valence-corrected chi connectivity index (χ4v) is 1.49. The van der Waals surface area contributed by atoms with Crippen LogP contribution in [0.1, 0.15) is 12.8 Å². The summed E-state index contributed by atoms with van der Waals surface area (Å²) >= 11 is 0. The molecule has 1 aliphatic carbocycles. The average Bonchev–Trinajstić information content (AvgIpc) is 2.16. The van der Waals surface area contributed by atoms with Gasteiger partial charge in [-0.3, -0.25) is 4.79 Å². The molecule has 0 amide bonds. The first-order valence-corrected chi connectivity index (χ1v) is 4.10. The van der Waals surface area contributed by atoms with Gasteiger partial charge in [0.05, 0.1) is 13.0 Å². The van der Waals surface area contributed by atoms with Gasteiger partial charge in [0.2, 0.25) is 0 Å². The molecule has 0 aromatic carbocycles. The number of methoxy groups -OCH3 is 1. The highest BCUT2D eigenvalue weighted by Crippen LogP contribution is 2.25. The molecule has 1 rings (SSSR count). The van der Waals surface area contributed by atoms with E-state index in [0.717, 1.165) is 0 Å². The van der Waals surface area contributed by atoms with E-state index in [-0.39, 0.29) is 0 Å². The predicted octanol–water partition coefficient (Wildman–Crippen LogP) is -0.508. The summed E-state index contributed by atoms with van der Waals surface area (Å²) in [7, 11) is 1.26. The van der Waals surface area contributed by atoms with Gasteiger partial charge in [-0.25, -0.2) is 0 Å². The van der Waals surface area contributed by atoms with E-state index in [9.17, 15) is 14.7 Å². The maximum Gasteiger partial charge on any atom is 0.309 e. The maximum atomic E-state index is 11.1. The predicted molar refractivity (Wildman–Crippen MR) is 42.4 cm³/mol. The third kappa shape index (κ3) is 2.08. The number of carboxylic acid groups (broad SMARTS) is 1. The molecule has 0 bridgehead atoms. The van der Waals surface area contributed by atoms with Crippen LogP contribution in [0.5, 0.6) is 0 Å². The van der Waals surface area contributed by atoms with Crippen LogP contribution < -0.4 is 5.11 Å². The Kier molecular flexibility index (Phi) is 3.06. The first-order chi connectivity index (χ1) is 6.16. The second-order valence-corrected chi connectivity index (χ2v) is 3.00. The van der Waals surface area contributed by atoms with Crippen LogP contribution in [0.15, 0.2) is 12.2 Å². The van der Waals surface area contributed by atoms with Gasteiger partial charge in [0.1, 0.15) is 0 Å². The molecule has 0 N–H and O–H groups in total. The Bertz CT molecular complexity index is 244. The number of carboxylic acids is 1. The number of hydrogen-bond donors (Lipinski definition) is 0. The number of esters is 1. The van der Waals surface area contributed by atoms with Crippen molar-refractivity contribution in [3.05, 3.63) is 12.2 Å². The normalized spacial score (nSPS) is 26.8. The van der Waals surface area contributed by atoms with Crippen molar-refractivity contribution in [1.82, 2.24) is 0 Å². The van der Waals surface area contributed by atoms with Crippen LogP contribution in [0, 0.1) is 11.8 Å². The molecule has 0 saturated heterocycles. The number of carbonyl (C=O) groups is 2. The van der Waals surface area contributed by atoms with Crippen molar-refractivity contribution in [2.24, 2.45) is 11.8 Å². The molecule has 0 heterocycles. The Morgan fingerprint density at radius 2 is 1.85 bits per heavy atom. The number of carbonyl (C=O) groups excluding carboxylic acids is 2. The maximum absolute atomic E-state index is 11.1. The largest absolute Gasteiger partial charge is 0.550 e. The smallest absolute Gasteiger partial charge is 0.309 e. The molecular formula is C9H11O4-. The summed E-state index contributed by atoms with van der Waals surface area (Å²) in [6, 6.07) is 0. The molecule has 1 aliphatic rings. The van der Waals surface area contributed by atoms with Crippen LogP contribution in [0.25, 0.3) is 0 Å². The number of rotatable bonds is 2. The highest BCUT2D eigenvalue weighted by atomic mass is 16.5. The molecule has 0 radical (unpaired) electrons. The topological polar surface area (TPSA) is 66.4 Å². The van der Waals surface area contributed by atoms with E-state index in [2.05, 4.69) is 4.74 Å². The Morgan fingerprint density at radius 3 is 2.31 bits per heavy atom. The van der Waals surface area contributed by atoms with Crippen LogP contribution in [0.2, 0.25) is 0 Å². The molecule has 0 fully saturated rings. The standard InChI is InChI=1S/C9H12O4/c1-13-9(12)7-5-3-2-4-6(7)8(10)11/h2-3,6-7H,4-5H2,1H3,(H,10,11)/p-1/t6-,7+/m0/s1. The number of aliphatic carboxylic acids is 1. The van der Waals surface area contributed by atoms with Gasteiger partial charge in [0.15, 0.2) is 0 Å². The number of ether oxygens (including phenoxy) is 1. The first kappa shape index (κ1) is 9.77. The van der Waals surface area contributed by atoms with Crippen LogP contribution >= 0.6 is 0 Å². The minimum atomic E-state index is -1.18. The molecular weight excluding hydrogens is 172 g/mol. The summed E-state index contributed by atoms with van der Waals surface area (Å²) < 4.78 is 4.51. The van der Waals surface area contributed by atoms with Gasteiger partial charge in [0.25, 0.3) is 0 Å². The lowest BCUT2D eigenvalue weighted by Gasteiger charge is -2.26. The fourth-order valence-electron chi connectivity index (χ4n) is 1.49. The molecule has 0 aliphatic heterocycles. The molecule has 0 unspecified atom stereocenters. The van der Waals surface area contributed by atoms with E-state index in [1.807, 2.05) is 0 Å². The van der Waals surface area contributed by atoms with E-state index in [4.69, 9.17) is 0 Å². The minimum absolute atomic E-state index is 0.349. The Balaban J connectivity index is 2.75. The third-order valence-electron chi connectivity index (χ3n) is 2.24. The quantitative estimate of drug-likeness (QED) is 0.427. The summed E-state index contributed by atoms with van der Waals surface area (Å²) in [5, 5.41) is 10.6. The SMILES string of the molecule is COC(=O)[C@@H]1CC=CC[C@@H]1C(=O)[O-]. The molecule has 13 heavy (non-hydrogen) atoms. The van der Waals surface area contributed by atoms with Gasteiger partial charge in [-0.2, -0.15) is 0 Å². The first-order valence-electron chi connectivity index (χ1n) is 4.10. The van der Waals surface area contributed by atoms with Crippen LogP contribution in [-0.2, 0) is 14.3 Å². The van der Waals surface area contributed by atoms with Crippen molar-refractivity contribution in [3.63, 3.8) is 0 Å². The van der Waals surface area contributed by atoms with E-state index >= 15 is 0 Å². The van der Waals surface area contributed by atoms with Gasteiger partial charge >= 0.3 is 5.97 Å². The number of allylic oxidation sites excluding steroid dienone is 2. The third-order valence-corrected chi connectivity index (χ3v) is 2.24. The molecule has 0 aromatic rings. The molecule has 4 heteroatoms. The lowest BCUT2D eigenvalue weighted by Crippen LogP contribution is -2.40. The Morgan fingerprint density at radius 1 is 1.31 bits per heavy atom. The van der Waals surface area contributed by atoms with Crippen molar-refractivity contribution in [2.75, 3.05) is 7.11 Å². The fraction of sp³-hybridized carbons (Fsp3) is 0.556. The summed E-state index contributed by atoms with van der Waals surface area (Å²) in [5.74, 6) is -2.98. The lowest BCUT2D eigenvalue weighted by atomic mass is 9.83. The summed E-state index contributed by atoms with van der Waals surface area (Å²) in [4.78, 5) is 21.8. The summed E-state index contributed by atoms with van der Waals surface area (Å²) in [6.45, 7) is 0. The average molecular weight is 183 g/mol. The van der Waals surface area contributed by atoms with Crippen molar-refractivity contribution in [1.29, 1.82) is 0 Å². The molecule has 2 atom stereocenters. The van der Waals surface area contributed by atoms with Crippen molar-refractivity contribution in [2.45, 2.75) is 12.8 Å². The second-order valence-electron chi connectivity index (χ2n) is 3.00. The van der Waals surface area contributed by atoms with Crippen molar-refractivity contribution >= 4 is 11.9 Å². The zero-order chi connectivity index (χ0) is 9.84. The highest BCUT2D eigenvalue weighted by molar-refractivity contribution is 5.80. The Labute approximate surface area is 76.2 Å². The van der Waals surface area contributed by atoms with E-state index in [1.54, 1.807) is 12.2 Å².